The van der Waals surface area contributed by atoms with Crippen molar-refractivity contribution in [2.75, 3.05) is 7.11 Å². The number of esters is 1. The lowest BCUT2D eigenvalue weighted by atomic mass is 9.67. The van der Waals surface area contributed by atoms with Crippen LogP contribution in [-0.2, 0) is 14.0 Å². The highest BCUT2D eigenvalue weighted by molar-refractivity contribution is 6.74. The standard InChI is InChI=1S/C19H32O3Si/c1-18(2,3)23(6,7)22-15-10-12-19(4)11-8-9-14(17(15)19)13-16(20)21-5/h10,12,14H,8-9,11,13H2,1-7H3. The Morgan fingerprint density at radius 3 is 2.61 bits per heavy atom. The van der Waals surface area contributed by atoms with E-state index in [2.05, 4.69) is 52.9 Å². The highest BCUT2D eigenvalue weighted by atomic mass is 28.4. The van der Waals surface area contributed by atoms with Crippen LogP contribution in [0.4, 0.5) is 0 Å². The fraction of sp³-hybridized carbons (Fsp3) is 0.737. The molecule has 0 amide bonds. The van der Waals surface area contributed by atoms with Gasteiger partial charge in [0.25, 0.3) is 0 Å². The summed E-state index contributed by atoms with van der Waals surface area (Å²) in [5.74, 6) is 1.16. The van der Waals surface area contributed by atoms with Gasteiger partial charge in [0, 0.05) is 5.41 Å². The summed E-state index contributed by atoms with van der Waals surface area (Å²) in [7, 11) is -0.411. The number of ether oxygens (including phenoxy) is 1. The maximum Gasteiger partial charge on any atom is 0.306 e. The molecule has 2 aliphatic carbocycles. The Balaban J connectivity index is 2.35. The quantitative estimate of drug-likeness (QED) is 0.523. The van der Waals surface area contributed by atoms with Crippen LogP contribution in [0.25, 0.3) is 0 Å². The van der Waals surface area contributed by atoms with E-state index in [1.165, 1.54) is 12.7 Å². The molecule has 4 heteroatoms. The number of rotatable bonds is 4. The minimum Gasteiger partial charge on any atom is -0.544 e. The van der Waals surface area contributed by atoms with Gasteiger partial charge in [-0.1, -0.05) is 40.2 Å². The molecule has 0 bridgehead atoms. The molecule has 2 rings (SSSR count). The van der Waals surface area contributed by atoms with Gasteiger partial charge >= 0.3 is 5.97 Å². The highest BCUT2D eigenvalue weighted by Gasteiger charge is 2.45. The van der Waals surface area contributed by atoms with Crippen LogP contribution < -0.4 is 0 Å². The Bertz CT molecular complexity index is 539. The summed E-state index contributed by atoms with van der Waals surface area (Å²) >= 11 is 0. The third-order valence-electron chi connectivity index (χ3n) is 5.95. The lowest BCUT2D eigenvalue weighted by Crippen LogP contribution is -2.41. The molecule has 3 nitrogen and oxygen atoms in total. The molecule has 130 valence electrons. The maximum atomic E-state index is 11.8. The van der Waals surface area contributed by atoms with Crippen molar-refractivity contribution in [2.24, 2.45) is 11.3 Å². The van der Waals surface area contributed by atoms with E-state index in [-0.39, 0.29) is 22.3 Å². The summed E-state index contributed by atoms with van der Waals surface area (Å²) in [6.45, 7) is 13.6. The van der Waals surface area contributed by atoms with E-state index in [9.17, 15) is 4.79 Å². The second-order valence-corrected chi connectivity index (χ2v) is 13.5. The summed E-state index contributed by atoms with van der Waals surface area (Å²) in [5.41, 5.74) is 1.38. The van der Waals surface area contributed by atoms with Crippen LogP contribution in [0.3, 0.4) is 0 Å². The maximum absolute atomic E-state index is 11.8. The van der Waals surface area contributed by atoms with E-state index in [4.69, 9.17) is 9.16 Å². The largest absolute Gasteiger partial charge is 0.544 e. The second-order valence-electron chi connectivity index (χ2n) is 8.76. The van der Waals surface area contributed by atoms with Crippen LogP contribution in [0.1, 0.15) is 53.4 Å². The third-order valence-corrected chi connectivity index (χ3v) is 10.3. The molecule has 0 aliphatic heterocycles. The average molecular weight is 337 g/mol. The number of carbonyl (C=O) groups excluding carboxylic acids is 1. The van der Waals surface area contributed by atoms with Gasteiger partial charge in [-0.15, -0.1) is 0 Å². The van der Waals surface area contributed by atoms with Gasteiger partial charge < -0.3 is 9.16 Å². The Labute approximate surface area is 142 Å². The van der Waals surface area contributed by atoms with Crippen LogP contribution in [0, 0.1) is 11.3 Å². The van der Waals surface area contributed by atoms with Crippen molar-refractivity contribution in [1.82, 2.24) is 0 Å². The van der Waals surface area contributed by atoms with Gasteiger partial charge in [0.05, 0.1) is 13.5 Å². The summed E-state index contributed by atoms with van der Waals surface area (Å²) in [6, 6.07) is 0. The van der Waals surface area contributed by atoms with Crippen molar-refractivity contribution in [3.05, 3.63) is 23.5 Å². The van der Waals surface area contributed by atoms with Crippen LogP contribution in [-0.4, -0.2) is 21.4 Å². The first-order chi connectivity index (χ1) is 10.5. The van der Waals surface area contributed by atoms with E-state index < -0.39 is 8.32 Å². The smallest absolute Gasteiger partial charge is 0.306 e. The summed E-state index contributed by atoms with van der Waals surface area (Å²) in [4.78, 5) is 11.8. The number of methoxy groups -OCH3 is 1. The van der Waals surface area contributed by atoms with Gasteiger partial charge in [-0.3, -0.25) is 4.79 Å². The normalized spacial score (nSPS) is 27.9. The monoisotopic (exact) mass is 336 g/mol. The van der Waals surface area contributed by atoms with Gasteiger partial charge in [-0.2, -0.15) is 0 Å². The van der Waals surface area contributed by atoms with E-state index in [1.54, 1.807) is 0 Å². The first-order valence-corrected chi connectivity index (χ1v) is 11.6. The molecule has 2 aliphatic rings. The molecule has 0 saturated heterocycles. The van der Waals surface area contributed by atoms with E-state index in [0.29, 0.717) is 6.42 Å². The molecule has 1 fully saturated rings. The molecular formula is C19H32O3Si. The van der Waals surface area contributed by atoms with Crippen molar-refractivity contribution in [3.8, 4) is 0 Å². The molecular weight excluding hydrogens is 304 g/mol. The number of carbonyl (C=O) groups is 1. The lowest BCUT2D eigenvalue weighted by molar-refractivity contribution is -0.141. The third kappa shape index (κ3) is 3.57. The highest BCUT2D eigenvalue weighted by Crippen LogP contribution is 2.52. The zero-order valence-electron chi connectivity index (χ0n) is 15.8. The van der Waals surface area contributed by atoms with Crippen molar-refractivity contribution >= 4 is 14.3 Å². The van der Waals surface area contributed by atoms with E-state index in [0.717, 1.165) is 25.0 Å². The number of fused-ring (bicyclic) bond motifs is 1. The van der Waals surface area contributed by atoms with Crippen LogP contribution in [0.5, 0.6) is 0 Å². The predicted octanol–water partition coefficient (Wildman–Crippen LogP) is 5.20. The van der Waals surface area contributed by atoms with Crippen molar-refractivity contribution in [1.29, 1.82) is 0 Å². The molecule has 2 atom stereocenters. The molecule has 1 saturated carbocycles. The fourth-order valence-electron chi connectivity index (χ4n) is 3.47. The number of hydrogen-bond donors (Lipinski definition) is 0. The molecule has 0 aromatic heterocycles. The Hall–Kier alpha value is -1.03. The minimum absolute atomic E-state index is 0.0502. The van der Waals surface area contributed by atoms with Crippen molar-refractivity contribution < 1.29 is 14.0 Å². The SMILES string of the molecule is COC(=O)CC1CCCC2(C)C=CC(O[Si](C)(C)C(C)(C)C)=C12. The summed E-state index contributed by atoms with van der Waals surface area (Å²) < 4.78 is 11.5. The molecule has 0 heterocycles. The lowest BCUT2D eigenvalue weighted by Gasteiger charge is -2.40. The van der Waals surface area contributed by atoms with Gasteiger partial charge in [0.15, 0.2) is 0 Å². The van der Waals surface area contributed by atoms with Crippen LogP contribution >= 0.6 is 0 Å². The van der Waals surface area contributed by atoms with E-state index >= 15 is 0 Å². The second kappa shape index (κ2) is 6.12. The zero-order valence-corrected chi connectivity index (χ0v) is 16.8. The predicted molar refractivity (Wildman–Crippen MR) is 96.5 cm³/mol. The zero-order chi connectivity index (χ0) is 17.5. The average Bonchev–Trinajstić information content (AvgIpc) is 2.75. The number of allylic oxidation sites excluding steroid dienone is 3. The van der Waals surface area contributed by atoms with Gasteiger partial charge in [-0.05, 0) is 48.5 Å². The van der Waals surface area contributed by atoms with Crippen molar-refractivity contribution in [2.45, 2.75) is 71.5 Å². The molecule has 2 unspecified atom stereocenters. The number of hydrogen-bond acceptors (Lipinski definition) is 3. The molecule has 0 N–H and O–H groups in total. The van der Waals surface area contributed by atoms with Gasteiger partial charge in [0.2, 0.25) is 8.32 Å². The summed E-state index contributed by atoms with van der Waals surface area (Å²) in [5, 5.41) is 0.167. The van der Waals surface area contributed by atoms with Crippen LogP contribution in [0.2, 0.25) is 18.1 Å². The first-order valence-electron chi connectivity index (χ1n) is 8.70. The molecule has 0 aromatic rings. The Morgan fingerprint density at radius 1 is 1.39 bits per heavy atom. The fourth-order valence-corrected chi connectivity index (χ4v) is 4.51. The molecule has 0 radical (unpaired) electrons. The molecule has 0 spiro atoms. The Morgan fingerprint density at radius 2 is 2.04 bits per heavy atom. The summed E-state index contributed by atoms with van der Waals surface area (Å²) in [6.07, 6.45) is 8.25. The Kier molecular flexibility index (Phi) is 4.87. The van der Waals surface area contributed by atoms with Gasteiger partial charge in [-0.25, -0.2) is 0 Å². The van der Waals surface area contributed by atoms with E-state index in [1.807, 2.05) is 0 Å². The van der Waals surface area contributed by atoms with Crippen LogP contribution in [0.15, 0.2) is 23.5 Å². The molecule has 23 heavy (non-hydrogen) atoms. The minimum atomic E-state index is -1.88. The molecule has 0 aromatic carbocycles. The van der Waals surface area contributed by atoms with Crippen molar-refractivity contribution in [3.63, 3.8) is 0 Å². The van der Waals surface area contributed by atoms with Gasteiger partial charge in [0.1, 0.15) is 5.76 Å². The first kappa shape index (κ1) is 18.3. The topological polar surface area (TPSA) is 35.5 Å².